The summed E-state index contributed by atoms with van der Waals surface area (Å²) in [7, 11) is 0. The molecule has 2 atom stereocenters. The van der Waals surface area contributed by atoms with Crippen molar-refractivity contribution in [3.8, 4) is 11.5 Å². The molecule has 2 aromatic rings. The highest BCUT2D eigenvalue weighted by atomic mass is 16.6. The summed E-state index contributed by atoms with van der Waals surface area (Å²) >= 11 is 0. The van der Waals surface area contributed by atoms with Gasteiger partial charge in [0.15, 0.2) is 17.6 Å². The molecule has 1 aliphatic heterocycles. The SMILES string of the molecule is CCCNC(C)c1nc(C2COc3ccccc3O2)no1. The number of ether oxygens (including phenoxy) is 2. The zero-order chi connectivity index (χ0) is 14.7. The molecule has 1 aliphatic rings. The van der Waals surface area contributed by atoms with E-state index in [9.17, 15) is 0 Å². The molecule has 112 valence electrons. The van der Waals surface area contributed by atoms with E-state index in [1.807, 2.05) is 31.2 Å². The first-order chi connectivity index (χ1) is 10.3. The average Bonchev–Trinajstić information content (AvgIpc) is 3.02. The van der Waals surface area contributed by atoms with Crippen molar-refractivity contribution in [3.05, 3.63) is 36.0 Å². The zero-order valence-electron chi connectivity index (χ0n) is 12.2. The van der Waals surface area contributed by atoms with Gasteiger partial charge in [0.2, 0.25) is 11.7 Å². The lowest BCUT2D eigenvalue weighted by atomic mass is 10.2. The maximum Gasteiger partial charge on any atom is 0.243 e. The first-order valence-corrected chi connectivity index (χ1v) is 7.23. The molecule has 1 aromatic heterocycles. The van der Waals surface area contributed by atoms with Gasteiger partial charge in [0.25, 0.3) is 0 Å². The third-order valence-electron chi connectivity index (χ3n) is 3.32. The van der Waals surface area contributed by atoms with Crippen LogP contribution in [0.4, 0.5) is 0 Å². The quantitative estimate of drug-likeness (QED) is 0.912. The van der Waals surface area contributed by atoms with E-state index in [2.05, 4.69) is 22.4 Å². The molecule has 0 fully saturated rings. The number of hydrogen-bond donors (Lipinski definition) is 1. The first-order valence-electron chi connectivity index (χ1n) is 7.23. The van der Waals surface area contributed by atoms with Gasteiger partial charge in [0.1, 0.15) is 6.61 Å². The number of fused-ring (bicyclic) bond motifs is 1. The molecule has 1 N–H and O–H groups in total. The van der Waals surface area contributed by atoms with Crippen molar-refractivity contribution < 1.29 is 14.0 Å². The van der Waals surface area contributed by atoms with Gasteiger partial charge in [-0.05, 0) is 32.0 Å². The fourth-order valence-corrected chi connectivity index (χ4v) is 2.15. The van der Waals surface area contributed by atoms with E-state index < -0.39 is 0 Å². The van der Waals surface area contributed by atoms with Gasteiger partial charge in [-0.1, -0.05) is 24.2 Å². The summed E-state index contributed by atoms with van der Waals surface area (Å²) < 4.78 is 16.8. The van der Waals surface area contributed by atoms with Gasteiger partial charge < -0.3 is 19.3 Å². The van der Waals surface area contributed by atoms with Crippen molar-refractivity contribution in [2.75, 3.05) is 13.2 Å². The zero-order valence-corrected chi connectivity index (χ0v) is 12.2. The minimum Gasteiger partial charge on any atom is -0.485 e. The second-order valence-electron chi connectivity index (χ2n) is 5.03. The molecule has 21 heavy (non-hydrogen) atoms. The first kappa shape index (κ1) is 13.9. The van der Waals surface area contributed by atoms with Gasteiger partial charge in [0, 0.05) is 0 Å². The lowest BCUT2D eigenvalue weighted by Crippen LogP contribution is -2.23. The van der Waals surface area contributed by atoms with E-state index >= 15 is 0 Å². The standard InChI is InChI=1S/C15H19N3O3/c1-3-8-16-10(2)15-17-14(18-21-15)13-9-19-11-6-4-5-7-12(11)20-13/h4-7,10,13,16H,3,8-9H2,1-2H3. The molecule has 0 spiro atoms. The van der Waals surface area contributed by atoms with Crippen molar-refractivity contribution in [2.24, 2.45) is 0 Å². The molecule has 0 saturated carbocycles. The Balaban J connectivity index is 1.70. The van der Waals surface area contributed by atoms with Crippen LogP contribution in [0.1, 0.15) is 44.1 Å². The Labute approximate surface area is 123 Å². The normalized spacial score (nSPS) is 18.5. The fraction of sp³-hybridized carbons (Fsp3) is 0.467. The highest BCUT2D eigenvalue weighted by Gasteiger charge is 2.27. The summed E-state index contributed by atoms with van der Waals surface area (Å²) in [6, 6.07) is 7.60. The van der Waals surface area contributed by atoms with Crippen LogP contribution in [-0.2, 0) is 0 Å². The molecule has 2 heterocycles. The monoisotopic (exact) mass is 289 g/mol. The van der Waals surface area contributed by atoms with Crippen LogP contribution in [0.25, 0.3) is 0 Å². The molecule has 0 bridgehead atoms. The summed E-state index contributed by atoms with van der Waals surface area (Å²) in [5.74, 6) is 2.54. The van der Waals surface area contributed by atoms with E-state index in [0.717, 1.165) is 18.7 Å². The Morgan fingerprint density at radius 2 is 2.14 bits per heavy atom. The lowest BCUT2D eigenvalue weighted by molar-refractivity contribution is 0.0832. The van der Waals surface area contributed by atoms with Crippen LogP contribution in [0.2, 0.25) is 0 Å². The number of benzene rings is 1. The van der Waals surface area contributed by atoms with Crippen LogP contribution < -0.4 is 14.8 Å². The van der Waals surface area contributed by atoms with Crippen LogP contribution in [-0.4, -0.2) is 23.3 Å². The summed E-state index contributed by atoms with van der Waals surface area (Å²) in [5.41, 5.74) is 0. The Morgan fingerprint density at radius 3 is 2.95 bits per heavy atom. The van der Waals surface area contributed by atoms with Crippen LogP contribution in [0, 0.1) is 0 Å². The van der Waals surface area contributed by atoms with Crippen LogP contribution >= 0.6 is 0 Å². The van der Waals surface area contributed by atoms with Crippen molar-refractivity contribution >= 4 is 0 Å². The molecule has 0 saturated heterocycles. The van der Waals surface area contributed by atoms with Crippen molar-refractivity contribution in [1.29, 1.82) is 0 Å². The van der Waals surface area contributed by atoms with Gasteiger partial charge in [0.05, 0.1) is 6.04 Å². The van der Waals surface area contributed by atoms with Crippen molar-refractivity contribution in [3.63, 3.8) is 0 Å². The third kappa shape index (κ3) is 3.00. The van der Waals surface area contributed by atoms with Gasteiger partial charge >= 0.3 is 0 Å². The Kier molecular flexibility index (Phi) is 4.06. The average molecular weight is 289 g/mol. The minimum absolute atomic E-state index is 0.0306. The van der Waals surface area contributed by atoms with E-state index in [-0.39, 0.29) is 12.1 Å². The molecule has 6 nitrogen and oxygen atoms in total. The number of rotatable bonds is 5. The Bertz CT molecular complexity index is 599. The van der Waals surface area contributed by atoms with Gasteiger partial charge in [-0.25, -0.2) is 0 Å². The van der Waals surface area contributed by atoms with Crippen molar-refractivity contribution in [1.82, 2.24) is 15.5 Å². The molecule has 6 heteroatoms. The maximum atomic E-state index is 5.86. The summed E-state index contributed by atoms with van der Waals surface area (Å²) in [4.78, 5) is 4.41. The smallest absolute Gasteiger partial charge is 0.243 e. The maximum absolute atomic E-state index is 5.86. The number of nitrogens with zero attached hydrogens (tertiary/aromatic N) is 2. The third-order valence-corrected chi connectivity index (χ3v) is 3.32. The van der Waals surface area contributed by atoms with E-state index in [1.165, 1.54) is 0 Å². The molecule has 0 amide bonds. The predicted octanol–water partition coefficient (Wildman–Crippen LogP) is 2.64. The lowest BCUT2D eigenvalue weighted by Gasteiger charge is -2.24. The van der Waals surface area contributed by atoms with Crippen LogP contribution in [0.5, 0.6) is 11.5 Å². The number of para-hydroxylation sites is 2. The molecule has 3 rings (SSSR count). The van der Waals surface area contributed by atoms with E-state index in [4.69, 9.17) is 14.0 Å². The van der Waals surface area contributed by atoms with Gasteiger partial charge in [-0.15, -0.1) is 0 Å². The molecule has 2 unspecified atom stereocenters. The molecular formula is C15H19N3O3. The number of nitrogens with one attached hydrogen (secondary N) is 1. The Hall–Kier alpha value is -2.08. The van der Waals surface area contributed by atoms with Crippen LogP contribution in [0.15, 0.2) is 28.8 Å². The molecular weight excluding hydrogens is 270 g/mol. The van der Waals surface area contributed by atoms with Gasteiger partial charge in [-0.2, -0.15) is 4.98 Å². The highest BCUT2D eigenvalue weighted by molar-refractivity contribution is 5.40. The molecule has 0 radical (unpaired) electrons. The predicted molar refractivity (Wildman–Crippen MR) is 76.3 cm³/mol. The molecule has 1 aromatic carbocycles. The second kappa shape index (κ2) is 6.13. The number of hydrogen-bond acceptors (Lipinski definition) is 6. The van der Waals surface area contributed by atoms with Gasteiger partial charge in [-0.3, -0.25) is 0 Å². The summed E-state index contributed by atoms with van der Waals surface area (Å²) in [6.07, 6.45) is 0.720. The fourth-order valence-electron chi connectivity index (χ4n) is 2.15. The van der Waals surface area contributed by atoms with E-state index in [0.29, 0.717) is 24.1 Å². The summed E-state index contributed by atoms with van der Waals surface area (Å²) in [5, 5.41) is 7.32. The topological polar surface area (TPSA) is 69.4 Å². The number of aromatic nitrogens is 2. The van der Waals surface area contributed by atoms with Crippen LogP contribution in [0.3, 0.4) is 0 Å². The second-order valence-corrected chi connectivity index (χ2v) is 5.03. The highest BCUT2D eigenvalue weighted by Crippen LogP contribution is 2.35. The molecule has 0 aliphatic carbocycles. The minimum atomic E-state index is -0.337. The summed E-state index contributed by atoms with van der Waals surface area (Å²) in [6.45, 7) is 5.41. The largest absolute Gasteiger partial charge is 0.485 e. The Morgan fingerprint density at radius 1 is 1.33 bits per heavy atom. The van der Waals surface area contributed by atoms with E-state index in [1.54, 1.807) is 0 Å². The van der Waals surface area contributed by atoms with Crippen molar-refractivity contribution in [2.45, 2.75) is 32.4 Å².